The molecule has 0 saturated carbocycles. The fourth-order valence-electron chi connectivity index (χ4n) is 9.89. The van der Waals surface area contributed by atoms with Crippen molar-refractivity contribution in [1.29, 1.82) is 5.26 Å². The molecule has 1 unspecified atom stereocenters. The van der Waals surface area contributed by atoms with E-state index in [-0.39, 0.29) is 61.3 Å². The summed E-state index contributed by atoms with van der Waals surface area (Å²) < 4.78 is 48.8. The first-order chi connectivity index (χ1) is 26.4. The van der Waals surface area contributed by atoms with Crippen LogP contribution in [0.2, 0.25) is 0 Å². The monoisotopic (exact) mass is 757 g/mol. The summed E-state index contributed by atoms with van der Waals surface area (Å²) in [7, 11) is 0. The lowest BCUT2D eigenvalue weighted by Gasteiger charge is -2.46. The zero-order chi connectivity index (χ0) is 38.6. The predicted octanol–water partition coefficient (Wildman–Crippen LogP) is 3.44. The van der Waals surface area contributed by atoms with Gasteiger partial charge in [0.2, 0.25) is 5.91 Å². The van der Waals surface area contributed by atoms with Gasteiger partial charge in [0.1, 0.15) is 25.2 Å². The molecule has 12 nitrogen and oxygen atoms in total. The Balaban J connectivity index is 1.13. The Morgan fingerprint density at radius 3 is 2.76 bits per heavy atom. The lowest BCUT2D eigenvalue weighted by Crippen LogP contribution is -2.57. The van der Waals surface area contributed by atoms with Gasteiger partial charge in [-0.05, 0) is 56.7 Å². The van der Waals surface area contributed by atoms with Crippen LogP contribution >= 0.6 is 0 Å². The van der Waals surface area contributed by atoms with Crippen LogP contribution in [-0.4, -0.2) is 125 Å². The van der Waals surface area contributed by atoms with Gasteiger partial charge in [-0.1, -0.05) is 18.6 Å². The number of hydrogen-bond acceptors (Lipinski definition) is 11. The molecular weight excluding hydrogens is 708 g/mol. The van der Waals surface area contributed by atoms with E-state index in [1.54, 1.807) is 17.9 Å². The number of likely N-dealkylation sites (tertiary alicyclic amines) is 1. The number of carbonyl (C=O) groups excluding carboxylic acids is 1. The smallest absolute Gasteiger partial charge is 0.318 e. The summed E-state index contributed by atoms with van der Waals surface area (Å²) in [5.41, 5.74) is 0.322. The second-order valence-corrected chi connectivity index (χ2v) is 16.7. The summed E-state index contributed by atoms with van der Waals surface area (Å²) in [6, 6.07) is 4.55. The number of carbonyl (C=O) groups is 1. The van der Waals surface area contributed by atoms with E-state index in [0.29, 0.717) is 87.4 Å². The van der Waals surface area contributed by atoms with Crippen molar-refractivity contribution in [1.82, 2.24) is 19.8 Å². The second-order valence-electron chi connectivity index (χ2n) is 16.7. The lowest BCUT2D eigenvalue weighted by atomic mass is 9.86. The Labute approximate surface area is 321 Å². The van der Waals surface area contributed by atoms with Gasteiger partial charge in [-0.15, -0.1) is 6.42 Å². The van der Waals surface area contributed by atoms with Crippen molar-refractivity contribution in [3.8, 4) is 30.2 Å². The number of terminal acetylenes is 1. The molecule has 7 atom stereocenters. The van der Waals surface area contributed by atoms with Gasteiger partial charge in [-0.3, -0.25) is 9.69 Å². The zero-order valence-electron chi connectivity index (χ0n) is 31.6. The first kappa shape index (κ1) is 37.4. The molecule has 4 saturated heterocycles. The molecule has 1 N–H and O–H groups in total. The third-order valence-electron chi connectivity index (χ3n) is 12.6. The minimum atomic E-state index is -1.11. The molecule has 2 bridgehead atoms. The van der Waals surface area contributed by atoms with Gasteiger partial charge in [0.25, 0.3) is 0 Å². The number of halogens is 2. The molecule has 6 aliphatic rings. The molecule has 6 aliphatic heterocycles. The van der Waals surface area contributed by atoms with E-state index >= 15 is 8.78 Å². The van der Waals surface area contributed by atoms with Crippen LogP contribution in [0.3, 0.4) is 0 Å². The fraction of sp³-hybridized carbons (Fsp3) is 0.610. The molecule has 2 aromatic rings. The van der Waals surface area contributed by atoms with Crippen LogP contribution in [0.1, 0.15) is 56.4 Å². The maximum absolute atomic E-state index is 15.1. The summed E-state index contributed by atoms with van der Waals surface area (Å²) in [6.07, 6.45) is 9.56. The van der Waals surface area contributed by atoms with Gasteiger partial charge in [0.05, 0.1) is 58.2 Å². The van der Waals surface area contributed by atoms with Gasteiger partial charge in [-0.2, -0.15) is 15.2 Å². The minimum absolute atomic E-state index is 0.114. The summed E-state index contributed by atoms with van der Waals surface area (Å²) in [4.78, 5) is 30.7. The number of aromatic nitrogens is 2. The average molecular weight is 758 g/mol. The maximum atomic E-state index is 15.1. The van der Waals surface area contributed by atoms with E-state index in [1.165, 1.54) is 12.1 Å². The van der Waals surface area contributed by atoms with Crippen molar-refractivity contribution >= 4 is 17.4 Å². The van der Waals surface area contributed by atoms with Gasteiger partial charge in [0, 0.05) is 65.2 Å². The predicted molar refractivity (Wildman–Crippen MR) is 200 cm³/mol. The molecule has 1 amide bonds. The molecule has 8 rings (SSSR count). The van der Waals surface area contributed by atoms with Crippen LogP contribution < -0.4 is 19.3 Å². The maximum Gasteiger partial charge on any atom is 0.318 e. The van der Waals surface area contributed by atoms with Crippen molar-refractivity contribution in [3.05, 3.63) is 47.4 Å². The van der Waals surface area contributed by atoms with Gasteiger partial charge in [0.15, 0.2) is 11.6 Å². The quantitative estimate of drug-likeness (QED) is 0.315. The van der Waals surface area contributed by atoms with Gasteiger partial charge in [-0.25, -0.2) is 8.78 Å². The molecule has 14 heteroatoms. The highest BCUT2D eigenvalue weighted by atomic mass is 19.1. The Hall–Kier alpha value is -4.50. The summed E-state index contributed by atoms with van der Waals surface area (Å²) in [5.74, 6) is 2.85. The van der Waals surface area contributed by atoms with Crippen LogP contribution in [0.5, 0.6) is 11.8 Å². The number of piperazine rings is 1. The first-order valence-corrected chi connectivity index (χ1v) is 19.4. The molecule has 7 heterocycles. The van der Waals surface area contributed by atoms with Crippen LogP contribution in [0.15, 0.2) is 24.8 Å². The Morgan fingerprint density at radius 1 is 1.22 bits per heavy atom. The molecule has 0 spiro atoms. The van der Waals surface area contributed by atoms with E-state index < -0.39 is 23.1 Å². The van der Waals surface area contributed by atoms with Crippen molar-refractivity contribution in [2.75, 3.05) is 69.0 Å². The van der Waals surface area contributed by atoms with Crippen molar-refractivity contribution < 1.29 is 32.9 Å². The zero-order valence-corrected chi connectivity index (χ0v) is 31.6. The molecular formula is C41H49F2N7O5. The standard InChI is InChI=1S/C41H49F2N7O5/c1-5-31-32(43)8-7-26-15-41(4,52)23-49(36(26)31)30-14-33-37(54-22-30)38(47-20-29-13-27(17-44)34(21-47)50(29)35(51)6-2)46-39(45-33)55-24-40(3)16-28(42)19-48(40)18-25-9-11-53-12-10-25/h1,6-8,25,27-30,34,52H,2,9-16,18-24H2,3-4H3/t27?,28-,29-,30-,34-,40+,41+/m1/s1. The number of ether oxygens (including phenoxy) is 3. The van der Waals surface area contributed by atoms with Gasteiger partial charge < -0.3 is 34.0 Å². The number of hydrogen-bond donors (Lipinski definition) is 1. The minimum Gasteiger partial charge on any atom is -0.486 e. The highest BCUT2D eigenvalue weighted by Crippen LogP contribution is 2.44. The van der Waals surface area contributed by atoms with Crippen LogP contribution in [0.4, 0.5) is 20.3 Å². The van der Waals surface area contributed by atoms with Crippen molar-refractivity contribution in [3.63, 3.8) is 0 Å². The number of aliphatic hydroxyl groups is 1. The number of fused-ring (bicyclic) bond motifs is 4. The van der Waals surface area contributed by atoms with Crippen LogP contribution in [-0.2, 0) is 22.4 Å². The largest absolute Gasteiger partial charge is 0.486 e. The molecule has 0 radical (unpaired) electrons. The molecule has 4 fully saturated rings. The number of rotatable bonds is 8. The SMILES string of the molecule is C#Cc1c(F)ccc2c1N([C@H]1COc3c(nc(OC[C@]4(C)C[C@@H](F)CN4CC4CCOCC4)nc3N3C[C@H]4CC(C#N)[C@@H](C3)N4C(=O)C=C)C1)C[C@@](C)(O)C2. The summed E-state index contributed by atoms with van der Waals surface area (Å²) >= 11 is 0. The van der Waals surface area contributed by atoms with E-state index in [1.807, 2.05) is 16.7 Å². The second kappa shape index (κ2) is 14.5. The summed E-state index contributed by atoms with van der Waals surface area (Å²) in [6.45, 7) is 11.3. The van der Waals surface area contributed by atoms with Crippen LogP contribution in [0.25, 0.3) is 0 Å². The van der Waals surface area contributed by atoms with Crippen molar-refractivity contribution in [2.45, 2.75) is 87.8 Å². The number of alkyl halides is 1. The van der Waals surface area contributed by atoms with Crippen molar-refractivity contribution in [2.24, 2.45) is 11.8 Å². The van der Waals surface area contributed by atoms with E-state index in [4.69, 9.17) is 30.6 Å². The summed E-state index contributed by atoms with van der Waals surface area (Å²) in [5, 5.41) is 21.4. The molecule has 1 aromatic carbocycles. The number of nitrogens with zero attached hydrogens (tertiary/aromatic N) is 7. The van der Waals surface area contributed by atoms with Gasteiger partial charge >= 0.3 is 6.01 Å². The number of benzene rings is 1. The number of nitriles is 1. The molecule has 292 valence electrons. The van der Waals surface area contributed by atoms with E-state index in [0.717, 1.165) is 24.9 Å². The lowest BCUT2D eigenvalue weighted by molar-refractivity contribution is -0.129. The topological polar surface area (TPSA) is 128 Å². The number of anilines is 2. The molecule has 1 aromatic heterocycles. The Kier molecular flexibility index (Phi) is 9.89. The van der Waals surface area contributed by atoms with E-state index in [2.05, 4.69) is 23.5 Å². The average Bonchev–Trinajstić information content (AvgIpc) is 3.58. The highest BCUT2D eigenvalue weighted by Gasteiger charge is 2.50. The van der Waals surface area contributed by atoms with Crippen LogP contribution in [0, 0.1) is 41.3 Å². The molecule has 0 aliphatic carbocycles. The Bertz CT molecular complexity index is 1930. The number of β-amino-alcohol motifs (C(OH)–C–C–N with tert-alkyl or cyclic N) is 1. The fourth-order valence-corrected chi connectivity index (χ4v) is 9.89. The first-order valence-electron chi connectivity index (χ1n) is 19.4. The Morgan fingerprint density at radius 2 is 2.02 bits per heavy atom. The third-order valence-corrected chi connectivity index (χ3v) is 12.6. The van der Waals surface area contributed by atoms with E-state index in [9.17, 15) is 15.2 Å². The number of amides is 1. The highest BCUT2D eigenvalue weighted by molar-refractivity contribution is 5.88. The normalized spacial score (nSPS) is 31.9. The molecule has 55 heavy (non-hydrogen) atoms. The third kappa shape index (κ3) is 6.98.